The van der Waals surface area contributed by atoms with Crippen LogP contribution < -0.4 is 4.74 Å². The Hall–Kier alpha value is -3.80. The molecule has 1 fully saturated rings. The van der Waals surface area contributed by atoms with Crippen LogP contribution in [-0.4, -0.2) is 47.9 Å². The lowest BCUT2D eigenvalue weighted by atomic mass is 9.85. The van der Waals surface area contributed by atoms with Crippen LogP contribution in [0, 0.1) is 0 Å². The minimum absolute atomic E-state index is 0.0200. The van der Waals surface area contributed by atoms with Gasteiger partial charge in [-0.3, -0.25) is 0 Å². The lowest BCUT2D eigenvalue weighted by Gasteiger charge is -2.30. The molecule has 1 atom stereocenters. The van der Waals surface area contributed by atoms with E-state index in [0.29, 0.717) is 18.9 Å². The third kappa shape index (κ3) is 5.71. The van der Waals surface area contributed by atoms with Crippen molar-refractivity contribution >= 4 is 12.1 Å². The maximum atomic E-state index is 12.6. The first-order valence-electron chi connectivity index (χ1n) is 11.1. The van der Waals surface area contributed by atoms with Crippen molar-refractivity contribution in [2.45, 2.75) is 24.8 Å². The number of aliphatic carboxylic acids is 1. The molecule has 1 aliphatic rings. The van der Waals surface area contributed by atoms with Crippen molar-refractivity contribution in [1.29, 1.82) is 0 Å². The molecule has 1 heterocycles. The van der Waals surface area contributed by atoms with Gasteiger partial charge in [0.15, 0.2) is 6.61 Å². The summed E-state index contributed by atoms with van der Waals surface area (Å²) in [5, 5.41) is 8.79. The maximum absolute atomic E-state index is 12.6. The highest BCUT2D eigenvalue weighted by Gasteiger charge is 2.39. The molecule has 0 unspecified atom stereocenters. The summed E-state index contributed by atoms with van der Waals surface area (Å²) in [4.78, 5) is 25.2. The number of carboxylic acid groups (broad SMARTS) is 1. The number of hydrogen-bond acceptors (Lipinski definition) is 4. The Bertz CT molecular complexity index is 1030. The van der Waals surface area contributed by atoms with Gasteiger partial charge in [0, 0.05) is 12.5 Å². The molecule has 0 bridgehead atoms. The third-order valence-corrected chi connectivity index (χ3v) is 5.84. The van der Waals surface area contributed by atoms with Crippen molar-refractivity contribution in [3.63, 3.8) is 0 Å². The molecular formula is C27H27NO5. The van der Waals surface area contributed by atoms with Crippen LogP contribution in [-0.2, 0) is 16.0 Å². The van der Waals surface area contributed by atoms with Crippen molar-refractivity contribution < 1.29 is 24.2 Å². The maximum Gasteiger partial charge on any atom is 0.410 e. The van der Waals surface area contributed by atoms with Gasteiger partial charge in [-0.2, -0.15) is 0 Å². The lowest BCUT2D eigenvalue weighted by Crippen LogP contribution is -2.39. The molecule has 33 heavy (non-hydrogen) atoms. The number of nitrogens with zero attached hydrogens (tertiary/aromatic N) is 1. The van der Waals surface area contributed by atoms with Crippen LogP contribution in [0.1, 0.15) is 29.0 Å². The van der Waals surface area contributed by atoms with Gasteiger partial charge in [0.1, 0.15) is 12.4 Å². The Labute approximate surface area is 193 Å². The minimum atomic E-state index is -1.01. The van der Waals surface area contributed by atoms with Gasteiger partial charge in [-0.1, -0.05) is 72.8 Å². The summed E-state index contributed by atoms with van der Waals surface area (Å²) in [5.41, 5.74) is 3.34. The molecule has 1 aliphatic heterocycles. The van der Waals surface area contributed by atoms with E-state index in [0.717, 1.165) is 29.5 Å². The molecule has 170 valence electrons. The van der Waals surface area contributed by atoms with E-state index in [9.17, 15) is 9.59 Å². The standard InChI is InChI=1S/C27H27NO5/c29-25(30)19-32-23-15-7-9-20(17-23)10-8-16-28-24(18-33-27(28)31)26(21-11-3-1-4-12-21)22-13-5-2-6-14-22/h1-7,9,11-15,17,24,26H,8,10,16,18-19H2,(H,29,30)/t24-/m1/s1. The molecule has 3 aromatic carbocycles. The van der Waals surface area contributed by atoms with Gasteiger partial charge in [-0.25, -0.2) is 9.59 Å². The van der Waals surface area contributed by atoms with E-state index in [4.69, 9.17) is 14.6 Å². The topological polar surface area (TPSA) is 76.1 Å². The van der Waals surface area contributed by atoms with Gasteiger partial charge in [0.25, 0.3) is 0 Å². The first kappa shape index (κ1) is 22.4. The number of amides is 1. The fraction of sp³-hybridized carbons (Fsp3) is 0.259. The van der Waals surface area contributed by atoms with E-state index in [1.165, 1.54) is 0 Å². The molecular weight excluding hydrogens is 418 g/mol. The Kier molecular flexibility index (Phi) is 7.25. The zero-order valence-corrected chi connectivity index (χ0v) is 18.3. The van der Waals surface area contributed by atoms with Crippen LogP contribution >= 0.6 is 0 Å². The second kappa shape index (κ2) is 10.7. The number of cyclic esters (lactones) is 1. The van der Waals surface area contributed by atoms with E-state index in [2.05, 4.69) is 24.3 Å². The molecule has 6 nitrogen and oxygen atoms in total. The second-order valence-electron chi connectivity index (χ2n) is 8.07. The van der Waals surface area contributed by atoms with Crippen LogP contribution in [0.5, 0.6) is 5.75 Å². The summed E-state index contributed by atoms with van der Waals surface area (Å²) >= 11 is 0. The monoisotopic (exact) mass is 445 g/mol. The van der Waals surface area contributed by atoms with Crippen molar-refractivity contribution in [1.82, 2.24) is 4.90 Å². The summed E-state index contributed by atoms with van der Waals surface area (Å²) in [7, 11) is 0. The Morgan fingerprint density at radius 2 is 1.67 bits per heavy atom. The number of hydrogen-bond donors (Lipinski definition) is 1. The van der Waals surface area contributed by atoms with Gasteiger partial charge in [-0.05, 0) is 41.7 Å². The van der Waals surface area contributed by atoms with Crippen molar-refractivity contribution in [3.05, 3.63) is 102 Å². The first-order chi connectivity index (χ1) is 16.1. The number of carboxylic acids is 1. The quantitative estimate of drug-likeness (QED) is 0.488. The predicted octanol–water partition coefficient (Wildman–Crippen LogP) is 4.74. The fourth-order valence-corrected chi connectivity index (χ4v) is 4.35. The van der Waals surface area contributed by atoms with Crippen LogP contribution in [0.2, 0.25) is 0 Å². The molecule has 1 amide bonds. The smallest absolute Gasteiger partial charge is 0.410 e. The number of rotatable bonds is 10. The molecule has 0 aromatic heterocycles. The normalized spacial score (nSPS) is 15.5. The molecule has 0 aliphatic carbocycles. The number of carbonyl (C=O) groups excluding carboxylic acids is 1. The molecule has 0 saturated carbocycles. The van der Waals surface area contributed by atoms with Crippen molar-refractivity contribution in [2.75, 3.05) is 19.8 Å². The molecule has 6 heteroatoms. The van der Waals surface area contributed by atoms with Crippen molar-refractivity contribution in [3.8, 4) is 5.75 Å². The van der Waals surface area contributed by atoms with Gasteiger partial charge in [-0.15, -0.1) is 0 Å². The van der Waals surface area contributed by atoms with Crippen LogP contribution in [0.4, 0.5) is 4.79 Å². The third-order valence-electron chi connectivity index (χ3n) is 5.84. The van der Waals surface area contributed by atoms with Crippen molar-refractivity contribution in [2.24, 2.45) is 0 Å². The Balaban J connectivity index is 1.46. The Morgan fingerprint density at radius 1 is 1.00 bits per heavy atom. The molecule has 0 radical (unpaired) electrons. The molecule has 1 N–H and O–H groups in total. The summed E-state index contributed by atoms with van der Waals surface area (Å²) in [5.74, 6) is -0.460. The predicted molar refractivity (Wildman–Crippen MR) is 124 cm³/mol. The SMILES string of the molecule is O=C(O)COc1cccc(CCCN2C(=O)OC[C@@H]2C(c2ccccc2)c2ccccc2)c1. The molecule has 4 rings (SSSR count). The van der Waals surface area contributed by atoms with Gasteiger partial charge in [0.05, 0.1) is 6.04 Å². The Morgan fingerprint density at radius 3 is 2.30 bits per heavy atom. The minimum Gasteiger partial charge on any atom is -0.482 e. The molecule has 3 aromatic rings. The highest BCUT2D eigenvalue weighted by atomic mass is 16.6. The van der Waals surface area contributed by atoms with E-state index >= 15 is 0 Å². The van der Waals surface area contributed by atoms with Gasteiger partial charge < -0.3 is 19.5 Å². The second-order valence-corrected chi connectivity index (χ2v) is 8.07. The highest BCUT2D eigenvalue weighted by Crippen LogP contribution is 2.34. The number of aryl methyl sites for hydroxylation is 1. The average Bonchev–Trinajstić information content (AvgIpc) is 3.19. The largest absolute Gasteiger partial charge is 0.482 e. The molecule has 1 saturated heterocycles. The van der Waals surface area contributed by atoms with E-state index in [1.807, 2.05) is 59.5 Å². The summed E-state index contributed by atoms with van der Waals surface area (Å²) in [6, 6.07) is 27.8. The van der Waals surface area contributed by atoms with E-state index in [1.54, 1.807) is 6.07 Å². The van der Waals surface area contributed by atoms with Gasteiger partial charge >= 0.3 is 12.1 Å². The van der Waals surface area contributed by atoms with Crippen LogP contribution in [0.3, 0.4) is 0 Å². The van der Waals surface area contributed by atoms with E-state index < -0.39 is 5.97 Å². The number of carbonyl (C=O) groups is 2. The van der Waals surface area contributed by atoms with E-state index in [-0.39, 0.29) is 24.7 Å². The van der Waals surface area contributed by atoms with Crippen LogP contribution in [0.25, 0.3) is 0 Å². The first-order valence-corrected chi connectivity index (χ1v) is 11.1. The summed E-state index contributed by atoms with van der Waals surface area (Å²) in [6.45, 7) is 0.552. The molecule has 0 spiro atoms. The zero-order chi connectivity index (χ0) is 23.0. The van der Waals surface area contributed by atoms with Crippen LogP contribution in [0.15, 0.2) is 84.9 Å². The fourth-order valence-electron chi connectivity index (χ4n) is 4.35. The number of ether oxygens (including phenoxy) is 2. The average molecular weight is 446 g/mol. The summed E-state index contributed by atoms with van der Waals surface area (Å²) < 4.78 is 10.8. The van der Waals surface area contributed by atoms with Gasteiger partial charge in [0.2, 0.25) is 0 Å². The highest BCUT2D eigenvalue weighted by molar-refractivity contribution is 5.70. The zero-order valence-electron chi connectivity index (χ0n) is 18.3. The lowest BCUT2D eigenvalue weighted by molar-refractivity contribution is -0.139. The number of benzene rings is 3. The summed E-state index contributed by atoms with van der Waals surface area (Å²) in [6.07, 6.45) is 1.21.